The third-order valence-corrected chi connectivity index (χ3v) is 10.8. The molecule has 2 fully saturated rings. The molecule has 0 bridgehead atoms. The number of amides is 2. The maximum Gasteiger partial charge on any atom is 0.251 e. The predicted molar refractivity (Wildman–Crippen MR) is 220 cm³/mol. The molecule has 7 rings (SSSR count). The average molecular weight is 759 g/mol. The normalized spacial score (nSPS) is 16.5. The van der Waals surface area contributed by atoms with Gasteiger partial charge < -0.3 is 30.7 Å². The summed E-state index contributed by atoms with van der Waals surface area (Å²) in [6.45, 7) is 13.0. The van der Waals surface area contributed by atoms with Gasteiger partial charge in [0.25, 0.3) is 11.8 Å². The minimum Gasteiger partial charge on any atom is -0.496 e. The molecule has 56 heavy (non-hydrogen) atoms. The number of carbonyl (C=O) groups is 2. The molecule has 5 aromatic rings. The number of nitrogens with one attached hydrogen (secondary N) is 4. The third-order valence-electron chi connectivity index (χ3n) is 10.8. The fraction of sp³-hybridized carbons (Fsp3) is 0.409. The molecule has 4 heterocycles. The standard InChI is InChI=1S/C44H54N8O4/c1-5-39-37(41(49-36-15-19-56-20-16-36)38-26-48-52(6-2)42(38)50-39)25-47-44(54)34-12-8-11-33(23-34)43(53)46-24-35-22-32(13-14-40(35)55-4)31-10-7-9-30(21-31)28-51-18-17-45-29(3)27-51/h7-14,21-23,26,29,36,45H,5-6,15-20,24-25,27-28H2,1-4H3,(H,46,53)(H,47,54)(H,49,50)/t29-/m0/s1. The molecule has 2 aliphatic rings. The van der Waals surface area contributed by atoms with Gasteiger partial charge in [-0.15, -0.1) is 0 Å². The van der Waals surface area contributed by atoms with Crippen LogP contribution in [0.1, 0.15) is 76.7 Å². The highest BCUT2D eigenvalue weighted by molar-refractivity contribution is 6.00. The van der Waals surface area contributed by atoms with Crippen LogP contribution in [0, 0.1) is 0 Å². The van der Waals surface area contributed by atoms with E-state index in [4.69, 9.17) is 14.5 Å². The summed E-state index contributed by atoms with van der Waals surface area (Å²) in [6.07, 6.45) is 4.36. The first-order valence-electron chi connectivity index (χ1n) is 19.9. The van der Waals surface area contributed by atoms with Crippen LogP contribution in [0.4, 0.5) is 5.69 Å². The number of carbonyl (C=O) groups excluding carboxylic acids is 2. The monoisotopic (exact) mass is 758 g/mol. The first-order valence-corrected chi connectivity index (χ1v) is 19.9. The molecule has 12 nitrogen and oxygen atoms in total. The van der Waals surface area contributed by atoms with Crippen LogP contribution in [0.2, 0.25) is 0 Å². The molecule has 2 amide bonds. The number of hydrogen-bond donors (Lipinski definition) is 4. The van der Waals surface area contributed by atoms with E-state index in [0.29, 0.717) is 49.1 Å². The topological polar surface area (TPSA) is 135 Å². The van der Waals surface area contributed by atoms with Crippen molar-refractivity contribution in [3.8, 4) is 16.9 Å². The molecule has 0 radical (unpaired) electrons. The number of methoxy groups -OCH3 is 1. The van der Waals surface area contributed by atoms with Gasteiger partial charge in [0.2, 0.25) is 0 Å². The van der Waals surface area contributed by atoms with Gasteiger partial charge in [0.15, 0.2) is 5.65 Å². The van der Waals surface area contributed by atoms with E-state index in [1.54, 1.807) is 31.4 Å². The summed E-state index contributed by atoms with van der Waals surface area (Å²) in [6, 6.07) is 22.3. The Kier molecular flexibility index (Phi) is 12.6. The van der Waals surface area contributed by atoms with E-state index < -0.39 is 0 Å². The minimum absolute atomic E-state index is 0.249. The van der Waals surface area contributed by atoms with Crippen molar-refractivity contribution in [3.05, 3.63) is 106 Å². The van der Waals surface area contributed by atoms with Crippen molar-refractivity contribution in [1.82, 2.24) is 35.6 Å². The number of aryl methyl sites for hydroxylation is 2. The Hall–Kier alpha value is -5.30. The van der Waals surface area contributed by atoms with Gasteiger partial charge in [-0.25, -0.2) is 9.67 Å². The van der Waals surface area contributed by atoms with Crippen LogP contribution in [0.15, 0.2) is 72.9 Å². The second kappa shape index (κ2) is 18.1. The van der Waals surface area contributed by atoms with E-state index in [2.05, 4.69) is 88.4 Å². The predicted octanol–water partition coefficient (Wildman–Crippen LogP) is 5.93. The fourth-order valence-electron chi connectivity index (χ4n) is 7.81. The van der Waals surface area contributed by atoms with E-state index in [1.807, 2.05) is 16.9 Å². The van der Waals surface area contributed by atoms with Crippen LogP contribution in [-0.4, -0.2) is 83.5 Å². The molecule has 2 aliphatic heterocycles. The molecule has 2 saturated heterocycles. The number of pyridine rings is 1. The largest absolute Gasteiger partial charge is 0.496 e. The Morgan fingerprint density at radius 3 is 2.43 bits per heavy atom. The quantitative estimate of drug-likeness (QED) is 0.109. The number of ether oxygens (including phenoxy) is 2. The molecule has 294 valence electrons. The maximum absolute atomic E-state index is 13.7. The summed E-state index contributed by atoms with van der Waals surface area (Å²) < 4.78 is 13.2. The Morgan fingerprint density at radius 1 is 0.946 bits per heavy atom. The maximum atomic E-state index is 13.7. The molecule has 2 aromatic heterocycles. The van der Waals surface area contributed by atoms with Crippen molar-refractivity contribution < 1.29 is 19.1 Å². The van der Waals surface area contributed by atoms with E-state index in [9.17, 15) is 9.59 Å². The highest BCUT2D eigenvalue weighted by Crippen LogP contribution is 2.32. The summed E-state index contributed by atoms with van der Waals surface area (Å²) in [7, 11) is 1.64. The third kappa shape index (κ3) is 9.04. The molecule has 0 saturated carbocycles. The Morgan fingerprint density at radius 2 is 1.70 bits per heavy atom. The number of aromatic nitrogens is 3. The second-order valence-corrected chi connectivity index (χ2v) is 14.8. The molecular formula is C44H54N8O4. The van der Waals surface area contributed by atoms with Crippen LogP contribution in [0.5, 0.6) is 5.75 Å². The minimum atomic E-state index is -0.279. The van der Waals surface area contributed by atoms with Crippen molar-refractivity contribution in [2.45, 2.75) is 78.3 Å². The Balaban J connectivity index is 1.03. The molecule has 0 aliphatic carbocycles. The Bertz CT molecular complexity index is 2160. The zero-order chi connectivity index (χ0) is 39.0. The summed E-state index contributed by atoms with van der Waals surface area (Å²) >= 11 is 0. The number of piperazine rings is 1. The number of nitrogens with zero attached hydrogens (tertiary/aromatic N) is 4. The average Bonchev–Trinajstić information content (AvgIpc) is 3.65. The van der Waals surface area contributed by atoms with Crippen molar-refractivity contribution in [3.63, 3.8) is 0 Å². The highest BCUT2D eigenvalue weighted by atomic mass is 16.5. The van der Waals surface area contributed by atoms with Gasteiger partial charge in [-0.1, -0.05) is 37.3 Å². The van der Waals surface area contributed by atoms with Gasteiger partial charge in [0, 0.05) is 99.1 Å². The molecule has 0 unspecified atom stereocenters. The van der Waals surface area contributed by atoms with E-state index in [-0.39, 0.29) is 30.9 Å². The molecule has 1 atom stereocenters. The molecule has 12 heteroatoms. The van der Waals surface area contributed by atoms with E-state index in [1.165, 1.54) is 5.56 Å². The lowest BCUT2D eigenvalue weighted by Gasteiger charge is -2.31. The van der Waals surface area contributed by atoms with E-state index >= 15 is 0 Å². The lowest BCUT2D eigenvalue weighted by Crippen LogP contribution is -2.48. The number of hydrogen-bond acceptors (Lipinski definition) is 9. The zero-order valence-electron chi connectivity index (χ0n) is 33.0. The van der Waals surface area contributed by atoms with Crippen LogP contribution in [-0.2, 0) is 37.3 Å². The smallest absolute Gasteiger partial charge is 0.251 e. The Labute approximate surface area is 329 Å². The van der Waals surface area contributed by atoms with Gasteiger partial charge in [-0.3, -0.25) is 14.5 Å². The summed E-state index contributed by atoms with van der Waals surface area (Å²) in [5.74, 6) is 0.143. The van der Waals surface area contributed by atoms with Crippen molar-refractivity contribution in [2.75, 3.05) is 45.3 Å². The number of fused-ring (bicyclic) bond motifs is 1. The zero-order valence-corrected chi connectivity index (χ0v) is 33.0. The molecule has 4 N–H and O–H groups in total. The number of anilines is 1. The van der Waals surface area contributed by atoms with Gasteiger partial charge in [0.1, 0.15) is 5.75 Å². The van der Waals surface area contributed by atoms with Gasteiger partial charge in [-0.2, -0.15) is 5.10 Å². The fourth-order valence-corrected chi connectivity index (χ4v) is 7.81. The first kappa shape index (κ1) is 39.0. The second-order valence-electron chi connectivity index (χ2n) is 14.8. The van der Waals surface area contributed by atoms with Crippen LogP contribution < -0.4 is 26.0 Å². The highest BCUT2D eigenvalue weighted by Gasteiger charge is 2.23. The molecule has 0 spiro atoms. The lowest BCUT2D eigenvalue weighted by atomic mass is 10.00. The SMILES string of the molecule is CCc1nc2c(cnn2CC)c(NC2CCOCC2)c1CNC(=O)c1cccc(C(=O)NCc2cc(-c3cccc(CN4CCN[C@@H](C)C4)c3)ccc2OC)c1. The number of rotatable bonds is 14. The molecular weight excluding hydrogens is 705 g/mol. The van der Waals surface area contributed by atoms with E-state index in [0.717, 1.165) is 83.7 Å². The van der Waals surface area contributed by atoms with Crippen molar-refractivity contribution >= 4 is 28.5 Å². The first-order chi connectivity index (χ1) is 27.3. The summed E-state index contributed by atoms with van der Waals surface area (Å²) in [5, 5.41) is 19.0. The molecule has 3 aromatic carbocycles. The van der Waals surface area contributed by atoms with Gasteiger partial charge in [-0.05, 0) is 86.2 Å². The van der Waals surface area contributed by atoms with Crippen molar-refractivity contribution in [1.29, 1.82) is 0 Å². The van der Waals surface area contributed by atoms with Crippen LogP contribution in [0.25, 0.3) is 22.2 Å². The van der Waals surface area contributed by atoms with Crippen LogP contribution in [0.3, 0.4) is 0 Å². The summed E-state index contributed by atoms with van der Waals surface area (Å²) in [5.41, 5.74) is 8.75. The van der Waals surface area contributed by atoms with Gasteiger partial charge >= 0.3 is 0 Å². The van der Waals surface area contributed by atoms with Crippen LogP contribution >= 0.6 is 0 Å². The van der Waals surface area contributed by atoms with Gasteiger partial charge in [0.05, 0.1) is 24.4 Å². The van der Waals surface area contributed by atoms with Crippen molar-refractivity contribution in [2.24, 2.45) is 0 Å². The summed E-state index contributed by atoms with van der Waals surface area (Å²) in [4.78, 5) is 34.7. The number of benzene rings is 3. The lowest BCUT2D eigenvalue weighted by molar-refractivity contribution is 0.0904.